The lowest BCUT2D eigenvalue weighted by molar-refractivity contribution is -0.116. The first-order chi connectivity index (χ1) is 8.01. The highest BCUT2D eigenvalue weighted by Crippen LogP contribution is 2.26. The minimum absolute atomic E-state index is 0.159. The zero-order valence-corrected chi connectivity index (χ0v) is 10.7. The van der Waals surface area contributed by atoms with Gasteiger partial charge in [-0.25, -0.2) is 0 Å². The number of likely N-dealkylation sites (N-methyl/N-ethyl adjacent to an activating group) is 1. The molecule has 96 valence electrons. The van der Waals surface area contributed by atoms with Gasteiger partial charge in [0.1, 0.15) is 0 Å². The third-order valence-electron chi connectivity index (χ3n) is 2.64. The second-order valence-electron chi connectivity index (χ2n) is 4.04. The summed E-state index contributed by atoms with van der Waals surface area (Å²) in [5, 5.41) is 4.37. The van der Waals surface area contributed by atoms with E-state index in [4.69, 9.17) is 11.5 Å². The van der Waals surface area contributed by atoms with Crippen molar-refractivity contribution in [1.29, 1.82) is 0 Å². The summed E-state index contributed by atoms with van der Waals surface area (Å²) in [7, 11) is 1.83. The van der Waals surface area contributed by atoms with Crippen LogP contribution < -0.4 is 16.4 Å². The molecule has 0 unspecified atom stereocenters. The maximum Gasteiger partial charge on any atom is 0.236 e. The Labute approximate surface area is 102 Å². The van der Waals surface area contributed by atoms with Crippen LogP contribution in [0.2, 0.25) is 0 Å². The van der Waals surface area contributed by atoms with Crippen LogP contribution in [0.1, 0.15) is 26.0 Å². The van der Waals surface area contributed by atoms with E-state index in [1.165, 1.54) is 0 Å². The fraction of sp³-hybridized carbons (Fsp3) is 0.636. The summed E-state index contributed by atoms with van der Waals surface area (Å²) in [5.41, 5.74) is 12.8. The summed E-state index contributed by atoms with van der Waals surface area (Å²) in [4.78, 5) is 12.8. The third-order valence-corrected chi connectivity index (χ3v) is 2.64. The van der Waals surface area contributed by atoms with E-state index in [1.807, 2.05) is 18.9 Å². The van der Waals surface area contributed by atoms with Gasteiger partial charge in [-0.2, -0.15) is 5.10 Å². The fourth-order valence-corrected chi connectivity index (χ4v) is 1.91. The standard InChI is InChI=1S/C11H21N5O/c1-4-6-8-10(13)11(15(3)14-8)16(5-2)7-9(12)17/h4-7,13H2,1-3H3,(H2,12,17). The van der Waals surface area contributed by atoms with Crippen LogP contribution in [0.25, 0.3) is 0 Å². The van der Waals surface area contributed by atoms with Gasteiger partial charge in [0.05, 0.1) is 17.9 Å². The van der Waals surface area contributed by atoms with Gasteiger partial charge in [-0.15, -0.1) is 0 Å². The molecule has 0 radical (unpaired) electrons. The number of nitrogens with two attached hydrogens (primary N) is 2. The van der Waals surface area contributed by atoms with Gasteiger partial charge >= 0.3 is 0 Å². The highest BCUT2D eigenvalue weighted by molar-refractivity contribution is 5.81. The first-order valence-corrected chi connectivity index (χ1v) is 5.85. The lowest BCUT2D eigenvalue weighted by Gasteiger charge is -2.21. The van der Waals surface area contributed by atoms with Gasteiger partial charge < -0.3 is 16.4 Å². The van der Waals surface area contributed by atoms with Crippen LogP contribution in [0.5, 0.6) is 0 Å². The second-order valence-corrected chi connectivity index (χ2v) is 4.04. The molecule has 1 aromatic rings. The largest absolute Gasteiger partial charge is 0.394 e. The molecule has 1 aromatic heterocycles. The molecule has 0 aliphatic carbocycles. The lowest BCUT2D eigenvalue weighted by Crippen LogP contribution is -2.35. The van der Waals surface area contributed by atoms with Crippen molar-refractivity contribution in [2.75, 3.05) is 23.7 Å². The first-order valence-electron chi connectivity index (χ1n) is 5.85. The number of carbonyl (C=O) groups is 1. The molecule has 0 aromatic carbocycles. The van der Waals surface area contributed by atoms with Gasteiger partial charge in [0.25, 0.3) is 0 Å². The summed E-state index contributed by atoms with van der Waals surface area (Å²) in [6, 6.07) is 0. The maximum atomic E-state index is 11.0. The summed E-state index contributed by atoms with van der Waals surface area (Å²) >= 11 is 0. The monoisotopic (exact) mass is 239 g/mol. The van der Waals surface area contributed by atoms with Crippen LogP contribution in [0, 0.1) is 0 Å². The van der Waals surface area contributed by atoms with E-state index >= 15 is 0 Å². The van der Waals surface area contributed by atoms with Gasteiger partial charge in [-0.05, 0) is 13.3 Å². The summed E-state index contributed by atoms with van der Waals surface area (Å²) in [5.74, 6) is 0.402. The number of hydrogen-bond donors (Lipinski definition) is 2. The molecule has 0 aliphatic heterocycles. The first kappa shape index (κ1) is 13.3. The Hall–Kier alpha value is -1.72. The number of amides is 1. The Balaban J connectivity index is 3.06. The molecule has 0 fully saturated rings. The Kier molecular flexibility index (Phi) is 4.37. The highest BCUT2D eigenvalue weighted by atomic mass is 16.1. The quantitative estimate of drug-likeness (QED) is 0.745. The Morgan fingerprint density at radius 2 is 2.12 bits per heavy atom. The number of nitrogen functional groups attached to an aromatic ring is 1. The zero-order chi connectivity index (χ0) is 13.0. The molecule has 1 amide bonds. The van der Waals surface area contributed by atoms with E-state index in [-0.39, 0.29) is 12.5 Å². The molecular formula is C11H21N5O. The van der Waals surface area contributed by atoms with Crippen LogP contribution in [0.3, 0.4) is 0 Å². The summed E-state index contributed by atoms with van der Waals surface area (Å²) < 4.78 is 1.72. The molecule has 0 saturated heterocycles. The fourth-order valence-electron chi connectivity index (χ4n) is 1.91. The van der Waals surface area contributed by atoms with Crippen molar-refractivity contribution in [2.24, 2.45) is 12.8 Å². The molecule has 1 heterocycles. The van der Waals surface area contributed by atoms with E-state index in [1.54, 1.807) is 4.68 Å². The minimum Gasteiger partial charge on any atom is -0.394 e. The Bertz CT molecular complexity index is 399. The number of hydrogen-bond acceptors (Lipinski definition) is 4. The van der Waals surface area contributed by atoms with E-state index in [0.29, 0.717) is 12.2 Å². The second kappa shape index (κ2) is 5.56. The predicted molar refractivity (Wildman–Crippen MR) is 68.7 cm³/mol. The van der Waals surface area contributed by atoms with Crippen LogP contribution >= 0.6 is 0 Å². The number of anilines is 2. The van der Waals surface area contributed by atoms with Gasteiger partial charge in [0, 0.05) is 13.6 Å². The van der Waals surface area contributed by atoms with Gasteiger partial charge in [-0.3, -0.25) is 9.48 Å². The van der Waals surface area contributed by atoms with Crippen molar-refractivity contribution in [3.8, 4) is 0 Å². The van der Waals surface area contributed by atoms with E-state index in [0.717, 1.165) is 24.4 Å². The normalized spacial score (nSPS) is 10.5. The summed E-state index contributed by atoms with van der Waals surface area (Å²) in [6.45, 7) is 4.85. The number of aryl methyl sites for hydroxylation is 2. The lowest BCUT2D eigenvalue weighted by atomic mass is 10.2. The molecule has 0 saturated carbocycles. The molecule has 4 N–H and O–H groups in total. The number of rotatable bonds is 6. The van der Waals surface area contributed by atoms with E-state index < -0.39 is 0 Å². The smallest absolute Gasteiger partial charge is 0.236 e. The Morgan fingerprint density at radius 1 is 1.47 bits per heavy atom. The molecule has 17 heavy (non-hydrogen) atoms. The zero-order valence-electron chi connectivity index (χ0n) is 10.7. The molecule has 1 rings (SSSR count). The molecular weight excluding hydrogens is 218 g/mol. The molecule has 0 atom stereocenters. The molecule has 0 aliphatic rings. The van der Waals surface area contributed by atoms with Crippen LogP contribution in [-0.4, -0.2) is 28.8 Å². The van der Waals surface area contributed by atoms with Crippen LogP contribution in [0.15, 0.2) is 0 Å². The van der Waals surface area contributed by atoms with Gasteiger partial charge in [-0.1, -0.05) is 13.3 Å². The Morgan fingerprint density at radius 3 is 2.59 bits per heavy atom. The van der Waals surface area contributed by atoms with Crippen molar-refractivity contribution >= 4 is 17.4 Å². The maximum absolute atomic E-state index is 11.0. The van der Waals surface area contributed by atoms with Crippen molar-refractivity contribution in [3.63, 3.8) is 0 Å². The highest BCUT2D eigenvalue weighted by Gasteiger charge is 2.18. The molecule has 6 nitrogen and oxygen atoms in total. The predicted octanol–water partition coefficient (Wildman–Crippen LogP) is 0.266. The van der Waals surface area contributed by atoms with Crippen molar-refractivity contribution in [2.45, 2.75) is 26.7 Å². The van der Waals surface area contributed by atoms with Crippen LogP contribution in [0.4, 0.5) is 11.5 Å². The average Bonchev–Trinajstić information content (AvgIpc) is 2.52. The number of aromatic nitrogens is 2. The number of primary amides is 1. The molecule has 6 heteroatoms. The number of carbonyl (C=O) groups excluding carboxylic acids is 1. The molecule has 0 bridgehead atoms. The van der Waals surface area contributed by atoms with E-state index in [9.17, 15) is 4.79 Å². The average molecular weight is 239 g/mol. The SMILES string of the molecule is CCCc1nn(C)c(N(CC)CC(N)=O)c1N. The topological polar surface area (TPSA) is 90.2 Å². The van der Waals surface area contributed by atoms with Gasteiger partial charge in [0.2, 0.25) is 5.91 Å². The van der Waals surface area contributed by atoms with Gasteiger partial charge in [0.15, 0.2) is 5.82 Å². The third kappa shape index (κ3) is 2.89. The van der Waals surface area contributed by atoms with E-state index in [2.05, 4.69) is 12.0 Å². The van der Waals surface area contributed by atoms with Crippen molar-refractivity contribution < 1.29 is 4.79 Å². The molecule has 0 spiro atoms. The van der Waals surface area contributed by atoms with Crippen molar-refractivity contribution in [1.82, 2.24) is 9.78 Å². The van der Waals surface area contributed by atoms with Crippen LogP contribution in [-0.2, 0) is 18.3 Å². The number of nitrogens with zero attached hydrogens (tertiary/aromatic N) is 3. The van der Waals surface area contributed by atoms with Crippen molar-refractivity contribution in [3.05, 3.63) is 5.69 Å². The summed E-state index contributed by atoms with van der Waals surface area (Å²) in [6.07, 6.45) is 1.83. The minimum atomic E-state index is -0.371.